The number of methoxy groups -OCH3 is 1. The molecule has 0 radical (unpaired) electrons. The zero-order chi connectivity index (χ0) is 23.9. The molecule has 1 unspecified atom stereocenters. The molecule has 0 saturated carbocycles. The highest BCUT2D eigenvalue weighted by Crippen LogP contribution is 2.24. The van der Waals surface area contributed by atoms with E-state index in [0.717, 1.165) is 10.6 Å². The average Bonchev–Trinajstić information content (AvgIpc) is 2.77. The first-order valence-electron chi connectivity index (χ1n) is 9.98. The fraction of sp³-hybridized carbons (Fsp3) is 0.364. The van der Waals surface area contributed by atoms with Crippen molar-refractivity contribution in [1.29, 1.82) is 0 Å². The van der Waals surface area contributed by atoms with E-state index in [0.29, 0.717) is 17.7 Å². The summed E-state index contributed by atoms with van der Waals surface area (Å²) >= 11 is 0. The number of hydrogen-bond acceptors (Lipinski definition) is 5. The number of hydrogen-bond donors (Lipinski definition) is 1. The van der Waals surface area contributed by atoms with Crippen LogP contribution < -0.4 is 14.4 Å². The molecule has 0 spiro atoms. The molecule has 174 valence electrons. The first kappa shape index (κ1) is 25.1. The zero-order valence-electron chi connectivity index (χ0n) is 18.5. The number of carbonyl (C=O) groups excluding carboxylic acids is 2. The summed E-state index contributed by atoms with van der Waals surface area (Å²) in [5, 5.41) is 2.54. The van der Waals surface area contributed by atoms with Gasteiger partial charge in [0.1, 0.15) is 24.2 Å². The van der Waals surface area contributed by atoms with E-state index >= 15 is 0 Å². The van der Waals surface area contributed by atoms with Gasteiger partial charge >= 0.3 is 0 Å². The van der Waals surface area contributed by atoms with Gasteiger partial charge in [-0.25, -0.2) is 12.8 Å². The van der Waals surface area contributed by atoms with Crippen LogP contribution >= 0.6 is 0 Å². The van der Waals surface area contributed by atoms with Crippen LogP contribution in [0.4, 0.5) is 10.1 Å². The standard InChI is InChI=1S/C22H28FN3O5S/c1-5-20(22(28)24-2)25(14-16-9-11-17(23)12-10-16)21(27)15-26(32(4,29)30)18-7-6-8-19(13-18)31-3/h6-13,20H,5,14-15H2,1-4H3,(H,24,28). The molecule has 2 aromatic carbocycles. The van der Waals surface area contributed by atoms with Gasteiger partial charge in [-0.3, -0.25) is 13.9 Å². The summed E-state index contributed by atoms with van der Waals surface area (Å²) in [7, 11) is -0.912. The molecule has 2 rings (SSSR count). The molecule has 32 heavy (non-hydrogen) atoms. The SMILES string of the molecule is CCC(C(=O)NC)N(Cc1ccc(F)cc1)C(=O)CN(c1cccc(OC)c1)S(C)(=O)=O. The summed E-state index contributed by atoms with van der Waals surface area (Å²) in [5.74, 6) is -0.942. The van der Waals surface area contributed by atoms with Gasteiger partial charge in [-0.05, 0) is 36.2 Å². The molecular weight excluding hydrogens is 437 g/mol. The quantitative estimate of drug-likeness (QED) is 0.580. The van der Waals surface area contributed by atoms with Crippen LogP contribution in [0.5, 0.6) is 5.75 Å². The minimum absolute atomic E-state index is 0.0146. The minimum atomic E-state index is -3.83. The second kappa shape index (κ2) is 10.9. The highest BCUT2D eigenvalue weighted by atomic mass is 32.2. The van der Waals surface area contributed by atoms with Crippen molar-refractivity contribution < 1.29 is 27.1 Å². The zero-order valence-corrected chi connectivity index (χ0v) is 19.4. The number of rotatable bonds is 10. The Morgan fingerprint density at radius 1 is 1.16 bits per heavy atom. The molecule has 0 bridgehead atoms. The maximum atomic E-state index is 13.4. The highest BCUT2D eigenvalue weighted by molar-refractivity contribution is 7.92. The molecular formula is C22H28FN3O5S. The van der Waals surface area contributed by atoms with E-state index in [-0.39, 0.29) is 18.1 Å². The monoisotopic (exact) mass is 465 g/mol. The lowest BCUT2D eigenvalue weighted by Crippen LogP contribution is -2.51. The van der Waals surface area contributed by atoms with Gasteiger partial charge < -0.3 is 15.0 Å². The van der Waals surface area contributed by atoms with Gasteiger partial charge in [0, 0.05) is 19.7 Å². The molecule has 0 fully saturated rings. The first-order valence-corrected chi connectivity index (χ1v) is 11.8. The number of benzene rings is 2. The summed E-state index contributed by atoms with van der Waals surface area (Å²) < 4.78 is 44.5. The van der Waals surface area contributed by atoms with Gasteiger partial charge in [0.25, 0.3) is 0 Å². The van der Waals surface area contributed by atoms with E-state index in [1.165, 1.54) is 49.4 Å². The smallest absolute Gasteiger partial charge is 0.244 e. The molecule has 1 N–H and O–H groups in total. The second-order valence-electron chi connectivity index (χ2n) is 7.16. The predicted molar refractivity (Wildman–Crippen MR) is 120 cm³/mol. The molecule has 0 heterocycles. The van der Waals surface area contributed by atoms with Gasteiger partial charge in [0.2, 0.25) is 21.8 Å². The number of ether oxygens (including phenoxy) is 1. The number of carbonyl (C=O) groups is 2. The largest absolute Gasteiger partial charge is 0.497 e. The number of anilines is 1. The summed E-state index contributed by atoms with van der Waals surface area (Å²) in [6.07, 6.45) is 1.31. The fourth-order valence-electron chi connectivity index (χ4n) is 3.25. The summed E-state index contributed by atoms with van der Waals surface area (Å²) in [5.41, 5.74) is 0.865. The Kier molecular flexibility index (Phi) is 8.59. The van der Waals surface area contributed by atoms with Crippen LogP contribution in [-0.4, -0.2) is 58.1 Å². The van der Waals surface area contributed by atoms with Gasteiger partial charge in [-0.2, -0.15) is 0 Å². The average molecular weight is 466 g/mol. The van der Waals surface area contributed by atoms with Gasteiger partial charge in [0.15, 0.2) is 0 Å². The van der Waals surface area contributed by atoms with Gasteiger partial charge in [0.05, 0.1) is 19.1 Å². The molecule has 0 aromatic heterocycles. The molecule has 8 nitrogen and oxygen atoms in total. The predicted octanol–water partition coefficient (Wildman–Crippen LogP) is 2.15. The Morgan fingerprint density at radius 2 is 1.81 bits per heavy atom. The van der Waals surface area contributed by atoms with Crippen molar-refractivity contribution >= 4 is 27.5 Å². The van der Waals surface area contributed by atoms with E-state index < -0.39 is 34.3 Å². The van der Waals surface area contributed by atoms with E-state index in [1.54, 1.807) is 25.1 Å². The van der Waals surface area contributed by atoms with Crippen molar-refractivity contribution in [2.75, 3.05) is 31.3 Å². The number of sulfonamides is 1. The number of halogens is 1. The van der Waals surface area contributed by atoms with Crippen LogP contribution in [0.3, 0.4) is 0 Å². The lowest BCUT2D eigenvalue weighted by Gasteiger charge is -2.32. The summed E-state index contributed by atoms with van der Waals surface area (Å²) in [6, 6.07) is 11.1. The molecule has 0 aliphatic carbocycles. The van der Waals surface area contributed by atoms with Crippen LogP contribution in [0.2, 0.25) is 0 Å². The van der Waals surface area contributed by atoms with Crippen molar-refractivity contribution in [2.45, 2.75) is 25.9 Å². The topological polar surface area (TPSA) is 96.0 Å². The maximum absolute atomic E-state index is 13.4. The Bertz CT molecular complexity index is 1040. The molecule has 1 atom stereocenters. The van der Waals surface area contributed by atoms with Crippen LogP contribution in [0.25, 0.3) is 0 Å². The Labute approximate surface area is 188 Å². The molecule has 10 heteroatoms. The number of likely N-dealkylation sites (N-methyl/N-ethyl adjacent to an activating group) is 1. The minimum Gasteiger partial charge on any atom is -0.497 e. The fourth-order valence-corrected chi connectivity index (χ4v) is 4.09. The molecule has 2 amide bonds. The molecule has 0 saturated heterocycles. The van der Waals surface area contributed by atoms with Crippen LogP contribution in [0, 0.1) is 5.82 Å². The first-order chi connectivity index (χ1) is 15.1. The van der Waals surface area contributed by atoms with Crippen LogP contribution in [-0.2, 0) is 26.2 Å². The lowest BCUT2D eigenvalue weighted by molar-refractivity contribution is -0.140. The van der Waals surface area contributed by atoms with Crippen molar-refractivity contribution in [2.24, 2.45) is 0 Å². The normalized spacial score (nSPS) is 12.0. The number of nitrogens with zero attached hydrogens (tertiary/aromatic N) is 2. The van der Waals surface area contributed by atoms with Crippen LogP contribution in [0.15, 0.2) is 48.5 Å². The summed E-state index contributed by atoms with van der Waals surface area (Å²) in [6.45, 7) is 1.25. The van der Waals surface area contributed by atoms with E-state index in [4.69, 9.17) is 4.74 Å². The summed E-state index contributed by atoms with van der Waals surface area (Å²) in [4.78, 5) is 27.1. The molecule has 0 aliphatic heterocycles. The van der Waals surface area contributed by atoms with Crippen LogP contribution in [0.1, 0.15) is 18.9 Å². The Hall–Kier alpha value is -3.14. The molecule has 0 aliphatic rings. The third kappa shape index (κ3) is 6.43. The Morgan fingerprint density at radius 3 is 2.34 bits per heavy atom. The second-order valence-corrected chi connectivity index (χ2v) is 9.06. The van der Waals surface area contributed by atoms with E-state index in [9.17, 15) is 22.4 Å². The van der Waals surface area contributed by atoms with Crippen molar-refractivity contribution in [3.8, 4) is 5.75 Å². The van der Waals surface area contributed by atoms with Crippen molar-refractivity contribution in [3.05, 3.63) is 59.9 Å². The highest BCUT2D eigenvalue weighted by Gasteiger charge is 2.31. The molecule has 2 aromatic rings. The van der Waals surface area contributed by atoms with Crippen molar-refractivity contribution in [1.82, 2.24) is 10.2 Å². The van der Waals surface area contributed by atoms with Crippen molar-refractivity contribution in [3.63, 3.8) is 0 Å². The van der Waals surface area contributed by atoms with Gasteiger partial charge in [-0.15, -0.1) is 0 Å². The third-order valence-corrected chi connectivity index (χ3v) is 6.06. The lowest BCUT2D eigenvalue weighted by atomic mass is 10.1. The Balaban J connectivity index is 2.42. The number of nitrogens with one attached hydrogen (secondary N) is 1. The van der Waals surface area contributed by atoms with E-state index in [2.05, 4.69) is 5.32 Å². The van der Waals surface area contributed by atoms with E-state index in [1.807, 2.05) is 0 Å². The maximum Gasteiger partial charge on any atom is 0.244 e. The van der Waals surface area contributed by atoms with Gasteiger partial charge in [-0.1, -0.05) is 25.1 Å². The number of amides is 2. The third-order valence-electron chi connectivity index (χ3n) is 4.92.